The number of aromatic nitrogens is 2. The molecule has 0 radical (unpaired) electrons. The number of thiol groups is 1. The maximum atomic E-state index is 12.4. The largest absolute Gasteiger partial charge is 0.435 e. The molecule has 0 atom stereocenters. The molecule has 0 spiro atoms. The number of halogens is 2. The highest BCUT2D eigenvalue weighted by atomic mass is 32.1. The minimum absolute atomic E-state index is 0.0473. The molecular formula is C16H12F2N2O2S. The summed E-state index contributed by atoms with van der Waals surface area (Å²) in [5.74, 6) is 0.0473. The minimum atomic E-state index is -2.89. The van der Waals surface area contributed by atoms with Crippen molar-refractivity contribution in [3.8, 4) is 5.75 Å². The lowest BCUT2D eigenvalue weighted by molar-refractivity contribution is -0.0498. The van der Waals surface area contributed by atoms with Gasteiger partial charge in [0.05, 0.1) is 18.1 Å². The molecule has 118 valence electrons. The molecule has 0 unspecified atom stereocenters. The molecule has 0 bridgehead atoms. The molecule has 3 aromatic rings. The second kappa shape index (κ2) is 6.37. The Labute approximate surface area is 135 Å². The van der Waals surface area contributed by atoms with Gasteiger partial charge in [-0.2, -0.15) is 13.9 Å². The van der Waals surface area contributed by atoms with Crippen LogP contribution < -0.4 is 10.3 Å². The van der Waals surface area contributed by atoms with E-state index in [9.17, 15) is 13.6 Å². The number of hydrogen-bond donors (Lipinski definition) is 1. The summed E-state index contributed by atoms with van der Waals surface area (Å²) >= 11 is 4.23. The Morgan fingerprint density at radius 1 is 1.22 bits per heavy atom. The van der Waals surface area contributed by atoms with Gasteiger partial charge in [-0.3, -0.25) is 4.79 Å². The molecule has 0 saturated heterocycles. The van der Waals surface area contributed by atoms with Crippen LogP contribution in [0.2, 0.25) is 0 Å². The molecule has 0 N–H and O–H groups in total. The van der Waals surface area contributed by atoms with E-state index in [-0.39, 0.29) is 17.9 Å². The molecule has 23 heavy (non-hydrogen) atoms. The molecule has 4 nitrogen and oxygen atoms in total. The Morgan fingerprint density at radius 2 is 2.04 bits per heavy atom. The van der Waals surface area contributed by atoms with E-state index < -0.39 is 6.61 Å². The Morgan fingerprint density at radius 3 is 2.83 bits per heavy atom. The second-order valence-corrected chi connectivity index (χ2v) is 5.42. The maximum absolute atomic E-state index is 12.4. The zero-order valence-corrected chi connectivity index (χ0v) is 12.7. The molecule has 0 aliphatic heterocycles. The molecule has 0 saturated carbocycles. The summed E-state index contributed by atoms with van der Waals surface area (Å²) in [6.07, 6.45) is 1.58. The van der Waals surface area contributed by atoms with E-state index >= 15 is 0 Å². The first-order chi connectivity index (χ1) is 11.0. The summed E-state index contributed by atoms with van der Waals surface area (Å²) in [6, 6.07) is 11.4. The topological polar surface area (TPSA) is 44.1 Å². The zero-order chi connectivity index (χ0) is 16.4. The van der Waals surface area contributed by atoms with E-state index in [4.69, 9.17) is 0 Å². The molecule has 1 aromatic heterocycles. The molecule has 0 amide bonds. The number of hydrogen-bond acceptors (Lipinski definition) is 4. The molecule has 0 aliphatic carbocycles. The van der Waals surface area contributed by atoms with Gasteiger partial charge < -0.3 is 4.74 Å². The smallest absolute Gasteiger partial charge is 0.387 e. The van der Waals surface area contributed by atoms with Crippen LogP contribution in [-0.2, 0) is 6.54 Å². The highest BCUT2D eigenvalue weighted by Crippen LogP contribution is 2.17. The summed E-state index contributed by atoms with van der Waals surface area (Å²) < 4.78 is 30.1. The van der Waals surface area contributed by atoms with Gasteiger partial charge in [-0.25, -0.2) is 4.68 Å². The fourth-order valence-electron chi connectivity index (χ4n) is 2.28. The number of benzene rings is 2. The van der Waals surface area contributed by atoms with Crippen LogP contribution >= 0.6 is 12.6 Å². The first-order valence-electron chi connectivity index (χ1n) is 6.75. The van der Waals surface area contributed by atoms with Crippen LogP contribution in [0.4, 0.5) is 8.78 Å². The molecule has 0 fully saturated rings. The van der Waals surface area contributed by atoms with Crippen LogP contribution in [-0.4, -0.2) is 16.4 Å². The van der Waals surface area contributed by atoms with Gasteiger partial charge in [0.1, 0.15) is 5.75 Å². The summed E-state index contributed by atoms with van der Waals surface area (Å²) in [6.45, 7) is -2.72. The van der Waals surface area contributed by atoms with Crippen molar-refractivity contribution >= 4 is 23.4 Å². The van der Waals surface area contributed by atoms with E-state index in [1.807, 2.05) is 0 Å². The Kier molecular flexibility index (Phi) is 4.29. The van der Waals surface area contributed by atoms with Gasteiger partial charge in [0.2, 0.25) is 0 Å². The first kappa shape index (κ1) is 15.5. The van der Waals surface area contributed by atoms with Crippen LogP contribution in [0.3, 0.4) is 0 Å². The SMILES string of the molecule is O=c1c2ccc(S)cc2cnn1Cc1cccc(OC(F)F)c1. The minimum Gasteiger partial charge on any atom is -0.435 e. The monoisotopic (exact) mass is 334 g/mol. The molecular weight excluding hydrogens is 322 g/mol. The van der Waals surface area contributed by atoms with Gasteiger partial charge in [-0.05, 0) is 35.9 Å². The highest BCUT2D eigenvalue weighted by molar-refractivity contribution is 7.80. The number of ether oxygens (including phenoxy) is 1. The average molecular weight is 334 g/mol. The summed E-state index contributed by atoms with van der Waals surface area (Å²) in [7, 11) is 0. The summed E-state index contributed by atoms with van der Waals surface area (Å²) in [4.78, 5) is 13.2. The van der Waals surface area contributed by atoms with Crippen molar-refractivity contribution in [1.29, 1.82) is 0 Å². The van der Waals surface area contributed by atoms with Crippen molar-refractivity contribution in [2.75, 3.05) is 0 Å². The van der Waals surface area contributed by atoms with Crippen LogP contribution in [0, 0.1) is 0 Å². The van der Waals surface area contributed by atoms with Gasteiger partial charge in [0, 0.05) is 10.3 Å². The summed E-state index contributed by atoms with van der Waals surface area (Å²) in [5, 5.41) is 5.34. The quantitative estimate of drug-likeness (QED) is 0.744. The predicted molar refractivity (Wildman–Crippen MR) is 85.4 cm³/mol. The van der Waals surface area contributed by atoms with Gasteiger partial charge in [0.25, 0.3) is 5.56 Å². The number of rotatable bonds is 4. The number of fused-ring (bicyclic) bond motifs is 1. The maximum Gasteiger partial charge on any atom is 0.387 e. The van der Waals surface area contributed by atoms with Gasteiger partial charge in [0.15, 0.2) is 0 Å². The van der Waals surface area contributed by atoms with Gasteiger partial charge >= 0.3 is 6.61 Å². The second-order valence-electron chi connectivity index (χ2n) is 4.90. The van der Waals surface area contributed by atoms with E-state index in [0.29, 0.717) is 16.3 Å². The Balaban J connectivity index is 1.94. The summed E-state index contributed by atoms with van der Waals surface area (Å²) in [5.41, 5.74) is 0.388. The predicted octanol–water partition coefficient (Wildman–Crippen LogP) is 3.33. The molecule has 7 heteroatoms. The normalized spacial score (nSPS) is 11.1. The lowest BCUT2D eigenvalue weighted by Gasteiger charge is -2.09. The van der Waals surface area contributed by atoms with E-state index in [2.05, 4.69) is 22.5 Å². The van der Waals surface area contributed by atoms with Crippen molar-refractivity contribution in [3.63, 3.8) is 0 Å². The zero-order valence-electron chi connectivity index (χ0n) is 11.8. The van der Waals surface area contributed by atoms with Crippen molar-refractivity contribution < 1.29 is 13.5 Å². The Bertz CT molecular complexity index is 912. The van der Waals surface area contributed by atoms with E-state index in [0.717, 1.165) is 4.90 Å². The molecule has 3 rings (SSSR count). The van der Waals surface area contributed by atoms with Crippen LogP contribution in [0.25, 0.3) is 10.8 Å². The highest BCUT2D eigenvalue weighted by Gasteiger charge is 2.08. The lowest BCUT2D eigenvalue weighted by Crippen LogP contribution is -2.23. The van der Waals surface area contributed by atoms with Crippen LogP contribution in [0.1, 0.15) is 5.56 Å². The third-order valence-electron chi connectivity index (χ3n) is 3.29. The van der Waals surface area contributed by atoms with Gasteiger partial charge in [-0.1, -0.05) is 12.1 Å². The molecule has 2 aromatic carbocycles. The standard InChI is InChI=1S/C16H12F2N2O2S/c17-16(18)22-12-3-1-2-10(6-12)9-20-15(21)14-5-4-13(23)7-11(14)8-19-20/h1-8,16,23H,9H2. The van der Waals surface area contributed by atoms with Gasteiger partial charge in [-0.15, -0.1) is 12.6 Å². The third-order valence-corrected chi connectivity index (χ3v) is 3.57. The van der Waals surface area contributed by atoms with Crippen LogP contribution in [0.15, 0.2) is 58.4 Å². The molecule has 1 heterocycles. The third kappa shape index (κ3) is 3.50. The van der Waals surface area contributed by atoms with Crippen molar-refractivity contribution in [3.05, 3.63) is 64.6 Å². The first-order valence-corrected chi connectivity index (χ1v) is 7.20. The van der Waals surface area contributed by atoms with Crippen LogP contribution in [0.5, 0.6) is 5.75 Å². The number of nitrogens with zero attached hydrogens (tertiary/aromatic N) is 2. The van der Waals surface area contributed by atoms with E-state index in [1.165, 1.54) is 16.8 Å². The average Bonchev–Trinajstić information content (AvgIpc) is 2.50. The fourth-order valence-corrected chi connectivity index (χ4v) is 2.49. The van der Waals surface area contributed by atoms with E-state index in [1.54, 1.807) is 36.5 Å². The van der Waals surface area contributed by atoms with Crippen molar-refractivity contribution in [1.82, 2.24) is 9.78 Å². The Hall–Kier alpha value is -2.41. The van der Waals surface area contributed by atoms with Crippen molar-refractivity contribution in [2.45, 2.75) is 18.1 Å². The lowest BCUT2D eigenvalue weighted by atomic mass is 10.2. The fraction of sp³-hybridized carbons (Fsp3) is 0.125. The van der Waals surface area contributed by atoms with Crippen molar-refractivity contribution in [2.24, 2.45) is 0 Å². The molecule has 0 aliphatic rings. The number of alkyl halides is 2.